The third-order valence-corrected chi connectivity index (χ3v) is 13.0. The lowest BCUT2D eigenvalue weighted by atomic mass is 10.1. The van der Waals surface area contributed by atoms with Crippen LogP contribution in [0, 0.1) is 47.4 Å². The number of para-hydroxylation sites is 2. The Morgan fingerprint density at radius 3 is 0.971 bits per heavy atom. The maximum Gasteiger partial charge on any atom is 0.139 e. The second-order valence-corrected chi connectivity index (χ2v) is 17.3. The van der Waals surface area contributed by atoms with E-state index in [4.69, 9.17) is 9.97 Å². The Labute approximate surface area is 406 Å². The van der Waals surface area contributed by atoms with Crippen LogP contribution in [0.1, 0.15) is 75.6 Å². The molecule has 6 heteroatoms. The lowest BCUT2D eigenvalue weighted by Gasteiger charge is -2.14. The zero-order valence-corrected chi connectivity index (χ0v) is 39.5. The Hall–Kier alpha value is -9.20. The van der Waals surface area contributed by atoms with Gasteiger partial charge in [-0.2, -0.15) is 0 Å². The molecule has 70 heavy (non-hydrogen) atoms. The van der Waals surface area contributed by atoms with Crippen LogP contribution in [-0.2, 0) is 0 Å². The molecule has 0 atom stereocenters. The Balaban J connectivity index is 1.12. The van der Waals surface area contributed by atoms with Crippen LogP contribution < -0.4 is 0 Å². The number of rotatable bonds is 4. The van der Waals surface area contributed by atoms with Crippen LogP contribution in [0.25, 0.3) is 99.7 Å². The summed E-state index contributed by atoms with van der Waals surface area (Å²) in [4.78, 5) is 11.0. The van der Waals surface area contributed by atoms with Crippen LogP contribution in [0.4, 0.5) is 0 Å². The molecule has 0 fully saturated rings. The lowest BCUT2D eigenvalue weighted by Crippen LogP contribution is -2.05. The largest absolute Gasteiger partial charge is 0.295 e. The highest BCUT2D eigenvalue weighted by molar-refractivity contribution is 6.24. The van der Waals surface area contributed by atoms with E-state index in [0.29, 0.717) is 0 Å². The molecule has 6 nitrogen and oxygen atoms in total. The highest BCUT2D eigenvalue weighted by Gasteiger charge is 2.26. The van der Waals surface area contributed by atoms with Gasteiger partial charge in [-0.3, -0.25) is 18.3 Å². The molecule has 6 aromatic carbocycles. The average Bonchev–Trinajstić information content (AvgIpc) is 4.12. The van der Waals surface area contributed by atoms with Crippen molar-refractivity contribution in [2.45, 2.75) is 53.4 Å². The van der Waals surface area contributed by atoms with E-state index in [1.165, 1.54) is 0 Å². The second-order valence-electron chi connectivity index (χ2n) is 17.3. The fourth-order valence-electron chi connectivity index (χ4n) is 10.0. The van der Waals surface area contributed by atoms with Gasteiger partial charge < -0.3 is 0 Å². The summed E-state index contributed by atoms with van der Waals surface area (Å²) in [5.41, 5.74) is 13.8. The van der Waals surface area contributed by atoms with Gasteiger partial charge in [0.2, 0.25) is 0 Å². The monoisotopic (exact) mass is 898 g/mol. The SMILES string of the molecule is CCC#Cc1ccc2c3c4ccc(C#CCC)cc4n(-c4ccc5nc(-n6c7cc(C#CCC)ccc7c7c8ccc(C#CCC)cc8n(-c8ccccc8)c76)ccc5n4)c3n(-c3ccccc3)c2c1. The van der Waals surface area contributed by atoms with Gasteiger partial charge in [-0.25, -0.2) is 9.97 Å². The zero-order chi connectivity index (χ0) is 47.3. The summed E-state index contributed by atoms with van der Waals surface area (Å²) in [5.74, 6) is 28.3. The van der Waals surface area contributed by atoms with Gasteiger partial charge in [0.1, 0.15) is 22.9 Å². The maximum atomic E-state index is 5.48. The number of nitrogens with zero attached hydrogens (tertiary/aromatic N) is 6. The van der Waals surface area contributed by atoms with Crippen LogP contribution >= 0.6 is 0 Å². The third-order valence-electron chi connectivity index (χ3n) is 13.0. The molecule has 6 heterocycles. The highest BCUT2D eigenvalue weighted by atomic mass is 15.2. The first-order chi connectivity index (χ1) is 34.6. The van der Waals surface area contributed by atoms with Crippen LogP contribution in [0.5, 0.6) is 0 Å². The van der Waals surface area contributed by atoms with E-state index in [-0.39, 0.29) is 0 Å². The second kappa shape index (κ2) is 17.5. The molecular weight excluding hydrogens is 853 g/mol. The van der Waals surface area contributed by atoms with Gasteiger partial charge in [-0.15, -0.1) is 0 Å². The predicted molar refractivity (Wildman–Crippen MR) is 291 cm³/mol. The average molecular weight is 899 g/mol. The summed E-state index contributed by atoms with van der Waals surface area (Å²) in [6.45, 7) is 8.33. The summed E-state index contributed by atoms with van der Waals surface area (Å²) in [5, 5.41) is 6.86. The van der Waals surface area contributed by atoms with E-state index in [1.54, 1.807) is 0 Å². The van der Waals surface area contributed by atoms with Crippen molar-refractivity contribution >= 4 is 76.7 Å². The molecular formula is C64H46N6. The van der Waals surface area contributed by atoms with Crippen molar-refractivity contribution in [3.05, 3.63) is 180 Å². The molecule has 0 saturated carbocycles. The van der Waals surface area contributed by atoms with E-state index in [2.05, 4.69) is 251 Å². The molecule has 0 radical (unpaired) electrons. The minimum absolute atomic E-state index is 0.775. The van der Waals surface area contributed by atoms with Gasteiger partial charge in [-0.1, -0.05) is 136 Å². The maximum absolute atomic E-state index is 5.48. The fourth-order valence-corrected chi connectivity index (χ4v) is 10.0. The molecule has 0 aliphatic heterocycles. The molecule has 0 unspecified atom stereocenters. The molecule has 12 rings (SSSR count). The first-order valence-corrected chi connectivity index (χ1v) is 24.2. The van der Waals surface area contributed by atoms with Crippen LogP contribution in [0.2, 0.25) is 0 Å². The first kappa shape index (κ1) is 42.2. The number of benzene rings is 6. The van der Waals surface area contributed by atoms with E-state index in [1.807, 2.05) is 0 Å². The molecule has 0 bridgehead atoms. The summed E-state index contributed by atoms with van der Waals surface area (Å²) in [7, 11) is 0. The van der Waals surface area contributed by atoms with Crippen molar-refractivity contribution in [2.75, 3.05) is 0 Å². The van der Waals surface area contributed by atoms with Crippen molar-refractivity contribution in [1.82, 2.24) is 28.2 Å². The van der Waals surface area contributed by atoms with Gasteiger partial charge in [0.05, 0.1) is 33.1 Å². The minimum Gasteiger partial charge on any atom is -0.295 e. The fraction of sp³-hybridized carbons (Fsp3) is 0.125. The Bertz CT molecular complexity index is 4070. The van der Waals surface area contributed by atoms with Crippen molar-refractivity contribution in [2.24, 2.45) is 0 Å². The number of fused-ring (bicyclic) bond motifs is 11. The van der Waals surface area contributed by atoms with Crippen molar-refractivity contribution in [1.29, 1.82) is 0 Å². The van der Waals surface area contributed by atoms with Gasteiger partial charge in [-0.05, 0) is 97.1 Å². The predicted octanol–water partition coefficient (Wildman–Crippen LogP) is 14.8. The normalized spacial score (nSPS) is 11.2. The molecule has 0 aliphatic carbocycles. The number of hydrogen-bond donors (Lipinski definition) is 0. The minimum atomic E-state index is 0.775. The van der Waals surface area contributed by atoms with Crippen LogP contribution in [0.15, 0.2) is 158 Å². The summed E-state index contributed by atoms with van der Waals surface area (Å²) >= 11 is 0. The van der Waals surface area contributed by atoms with E-state index in [9.17, 15) is 0 Å². The molecule has 6 aromatic heterocycles. The van der Waals surface area contributed by atoms with Gasteiger partial charge in [0, 0.05) is 91.6 Å². The van der Waals surface area contributed by atoms with E-state index in [0.717, 1.165) is 148 Å². The quantitative estimate of drug-likeness (QED) is 0.165. The molecule has 0 N–H and O–H groups in total. The van der Waals surface area contributed by atoms with Crippen molar-refractivity contribution < 1.29 is 0 Å². The summed E-state index contributed by atoms with van der Waals surface area (Å²) < 4.78 is 9.33. The molecule has 0 spiro atoms. The summed E-state index contributed by atoms with van der Waals surface area (Å²) in [6, 6.07) is 55.9. The summed E-state index contributed by atoms with van der Waals surface area (Å²) in [6.07, 6.45) is 3.13. The molecule has 0 aliphatic rings. The smallest absolute Gasteiger partial charge is 0.139 e. The number of hydrogen-bond acceptors (Lipinski definition) is 2. The first-order valence-electron chi connectivity index (χ1n) is 24.2. The number of pyridine rings is 2. The lowest BCUT2D eigenvalue weighted by molar-refractivity contribution is 1.02. The molecule has 332 valence electrons. The topological polar surface area (TPSA) is 45.5 Å². The van der Waals surface area contributed by atoms with Gasteiger partial charge in [0.25, 0.3) is 0 Å². The van der Waals surface area contributed by atoms with E-state index >= 15 is 0 Å². The highest BCUT2D eigenvalue weighted by Crippen LogP contribution is 2.43. The molecule has 0 saturated heterocycles. The Morgan fingerprint density at radius 2 is 0.657 bits per heavy atom. The van der Waals surface area contributed by atoms with Gasteiger partial charge in [0.15, 0.2) is 0 Å². The Kier molecular flexibility index (Phi) is 10.5. The van der Waals surface area contributed by atoms with Crippen molar-refractivity contribution in [3.63, 3.8) is 0 Å². The van der Waals surface area contributed by atoms with Crippen LogP contribution in [-0.4, -0.2) is 28.2 Å². The standard InChI is InChI=1S/C64H46N6/c1-5-9-19-43-27-31-49-55(39-43)67(47-23-15-13-16-24-47)63-61(49)51-33-29-45(21-11-7-3)41-57(51)69(63)59-37-35-54-53(65-59)36-38-60(66-54)70-58-42-46(22-12-8-4)30-34-52(58)62-50-32-28-44(20-10-6-2)40-56(50)68(64(62)70)48-25-17-14-18-26-48/h13-18,23-42H,5-8H2,1-4H3. The van der Waals surface area contributed by atoms with Gasteiger partial charge >= 0.3 is 0 Å². The third kappa shape index (κ3) is 6.89. The molecule has 0 amide bonds. The Morgan fingerprint density at radius 1 is 0.343 bits per heavy atom. The van der Waals surface area contributed by atoms with Crippen molar-refractivity contribution in [3.8, 4) is 70.4 Å². The zero-order valence-electron chi connectivity index (χ0n) is 39.5. The molecule has 12 aromatic rings. The van der Waals surface area contributed by atoms with Crippen LogP contribution in [0.3, 0.4) is 0 Å². The number of aromatic nitrogens is 6. The van der Waals surface area contributed by atoms with E-state index < -0.39 is 0 Å².